The Hall–Kier alpha value is -2.40. The van der Waals surface area contributed by atoms with Gasteiger partial charge in [-0.3, -0.25) is 4.79 Å². The highest BCUT2D eigenvalue weighted by Gasteiger charge is 2.28. The third-order valence-electron chi connectivity index (χ3n) is 5.16. The molecule has 1 fully saturated rings. The van der Waals surface area contributed by atoms with E-state index >= 15 is 4.39 Å². The SMILES string of the molecule is CN(C)C(=O)CCNc1nc(N2CCN(C(=O)OC(C)(C)C)CC2)c2cc(Cl)c(Br)c(F)c2n1. The van der Waals surface area contributed by atoms with Crippen LogP contribution in [0.2, 0.25) is 5.02 Å². The van der Waals surface area contributed by atoms with Gasteiger partial charge in [-0.15, -0.1) is 0 Å². The van der Waals surface area contributed by atoms with Crippen molar-refractivity contribution in [3.8, 4) is 0 Å². The lowest BCUT2D eigenvalue weighted by Crippen LogP contribution is -2.50. The van der Waals surface area contributed by atoms with Crippen LogP contribution in [0.1, 0.15) is 27.2 Å². The molecule has 12 heteroatoms. The first-order valence-electron chi connectivity index (χ1n) is 10.9. The van der Waals surface area contributed by atoms with Crippen molar-refractivity contribution in [2.24, 2.45) is 0 Å². The predicted molar refractivity (Wildman–Crippen MR) is 134 cm³/mol. The number of nitrogens with zero attached hydrogens (tertiary/aromatic N) is 5. The monoisotopic (exact) mass is 558 g/mol. The summed E-state index contributed by atoms with van der Waals surface area (Å²) in [6.07, 6.45) is -0.129. The van der Waals surface area contributed by atoms with Gasteiger partial charge in [-0.1, -0.05) is 11.6 Å². The maximum atomic E-state index is 15.1. The molecule has 0 radical (unpaired) electrons. The lowest BCUT2D eigenvalue weighted by molar-refractivity contribution is -0.128. The Bertz CT molecular complexity index is 1090. The summed E-state index contributed by atoms with van der Waals surface area (Å²) >= 11 is 9.40. The molecule has 1 saturated heterocycles. The minimum Gasteiger partial charge on any atom is -0.444 e. The van der Waals surface area contributed by atoms with Crippen molar-refractivity contribution in [1.82, 2.24) is 19.8 Å². The first-order valence-corrected chi connectivity index (χ1v) is 12.1. The number of aromatic nitrogens is 2. The molecule has 2 aromatic rings. The Kier molecular flexibility index (Phi) is 8.07. The Balaban J connectivity index is 1.87. The van der Waals surface area contributed by atoms with Crippen LogP contribution in [-0.4, -0.2) is 84.2 Å². The summed E-state index contributed by atoms with van der Waals surface area (Å²) in [4.78, 5) is 38.3. The standard InChI is InChI=1S/C22H29BrClFN6O3/c1-22(2,3)34-21(33)31-10-8-30(9-11-31)19-13-12-14(24)16(23)17(25)18(13)27-20(28-19)26-7-6-15(32)29(4)5/h12H,6-11H2,1-5H3,(H,26,27,28). The molecule has 1 aromatic heterocycles. The fourth-order valence-corrected chi connectivity index (χ4v) is 3.90. The van der Waals surface area contributed by atoms with E-state index in [1.54, 1.807) is 25.1 Å². The normalized spacial score (nSPS) is 14.4. The van der Waals surface area contributed by atoms with E-state index in [0.29, 0.717) is 43.9 Å². The van der Waals surface area contributed by atoms with Gasteiger partial charge in [0.2, 0.25) is 11.9 Å². The van der Waals surface area contributed by atoms with Crippen molar-refractivity contribution in [2.45, 2.75) is 32.8 Å². The lowest BCUT2D eigenvalue weighted by atomic mass is 10.2. The molecule has 0 atom stereocenters. The van der Waals surface area contributed by atoms with E-state index < -0.39 is 11.4 Å². The average Bonchev–Trinajstić information content (AvgIpc) is 2.76. The molecule has 186 valence electrons. The summed E-state index contributed by atoms with van der Waals surface area (Å²) in [6.45, 7) is 7.56. The Morgan fingerprint density at radius 3 is 2.47 bits per heavy atom. The van der Waals surface area contributed by atoms with Gasteiger partial charge >= 0.3 is 6.09 Å². The van der Waals surface area contributed by atoms with E-state index in [4.69, 9.17) is 16.3 Å². The van der Waals surface area contributed by atoms with Crippen molar-refractivity contribution in [1.29, 1.82) is 0 Å². The third-order valence-corrected chi connectivity index (χ3v) is 6.46. The predicted octanol–water partition coefficient (Wildman–Crippen LogP) is 4.13. The zero-order chi connectivity index (χ0) is 25.2. The second-order valence-corrected chi connectivity index (χ2v) is 10.4. The highest BCUT2D eigenvalue weighted by molar-refractivity contribution is 9.10. The Morgan fingerprint density at radius 1 is 1.24 bits per heavy atom. The van der Waals surface area contributed by atoms with Crippen LogP contribution in [0.25, 0.3) is 10.9 Å². The second kappa shape index (κ2) is 10.5. The van der Waals surface area contributed by atoms with Gasteiger partial charge in [0.15, 0.2) is 5.82 Å². The van der Waals surface area contributed by atoms with Crippen LogP contribution < -0.4 is 10.2 Å². The van der Waals surface area contributed by atoms with Gasteiger partial charge < -0.3 is 24.8 Å². The summed E-state index contributed by atoms with van der Waals surface area (Å²) < 4.78 is 20.7. The van der Waals surface area contributed by atoms with E-state index in [2.05, 4.69) is 31.2 Å². The maximum absolute atomic E-state index is 15.1. The number of benzene rings is 1. The zero-order valence-electron chi connectivity index (χ0n) is 19.9. The third kappa shape index (κ3) is 6.18. The number of ether oxygens (including phenoxy) is 1. The second-order valence-electron chi connectivity index (χ2n) is 9.17. The van der Waals surface area contributed by atoms with Crippen molar-refractivity contribution < 1.29 is 18.7 Å². The molecule has 0 aliphatic carbocycles. The fraction of sp³-hybridized carbons (Fsp3) is 0.545. The van der Waals surface area contributed by atoms with Gasteiger partial charge in [-0.05, 0) is 42.8 Å². The molecule has 2 amide bonds. The number of piperazine rings is 1. The number of hydrogen-bond donors (Lipinski definition) is 1. The van der Waals surface area contributed by atoms with Crippen LogP contribution in [0.4, 0.5) is 21.0 Å². The lowest BCUT2D eigenvalue weighted by Gasteiger charge is -2.36. The molecular weight excluding hydrogens is 531 g/mol. The van der Waals surface area contributed by atoms with Crippen molar-refractivity contribution in [2.75, 3.05) is 57.0 Å². The summed E-state index contributed by atoms with van der Waals surface area (Å²) in [5.74, 6) is 0.0683. The highest BCUT2D eigenvalue weighted by atomic mass is 79.9. The molecule has 1 N–H and O–H groups in total. The maximum Gasteiger partial charge on any atom is 0.410 e. The molecular formula is C22H29BrClFN6O3. The van der Waals surface area contributed by atoms with Crippen molar-refractivity contribution >= 4 is 62.2 Å². The summed E-state index contributed by atoms with van der Waals surface area (Å²) in [6, 6.07) is 1.62. The first-order chi connectivity index (χ1) is 15.9. The van der Waals surface area contributed by atoms with Crippen LogP contribution in [-0.2, 0) is 9.53 Å². The number of carbonyl (C=O) groups excluding carboxylic acids is 2. The highest BCUT2D eigenvalue weighted by Crippen LogP contribution is 2.36. The molecule has 0 unspecified atom stereocenters. The number of anilines is 2. The number of amides is 2. The minimum atomic E-state index is -0.592. The number of hydrogen-bond acceptors (Lipinski definition) is 7. The van der Waals surface area contributed by atoms with E-state index in [9.17, 15) is 9.59 Å². The van der Waals surface area contributed by atoms with Crippen LogP contribution in [0.3, 0.4) is 0 Å². The van der Waals surface area contributed by atoms with Gasteiger partial charge in [0.1, 0.15) is 16.9 Å². The van der Waals surface area contributed by atoms with Crippen LogP contribution >= 0.6 is 27.5 Å². The number of nitrogens with one attached hydrogen (secondary N) is 1. The smallest absolute Gasteiger partial charge is 0.410 e. The molecule has 1 aliphatic rings. The minimum absolute atomic E-state index is 0.0486. The molecule has 1 aliphatic heterocycles. The Morgan fingerprint density at radius 2 is 1.88 bits per heavy atom. The van der Waals surface area contributed by atoms with E-state index in [1.807, 2.05) is 25.7 Å². The van der Waals surface area contributed by atoms with E-state index in [0.717, 1.165) is 0 Å². The van der Waals surface area contributed by atoms with E-state index in [1.165, 1.54) is 4.90 Å². The van der Waals surface area contributed by atoms with Crippen LogP contribution in [0.15, 0.2) is 10.5 Å². The number of fused-ring (bicyclic) bond motifs is 1. The summed E-state index contributed by atoms with van der Waals surface area (Å²) in [5.41, 5.74) is -0.468. The van der Waals surface area contributed by atoms with E-state index in [-0.39, 0.29) is 39.4 Å². The topological polar surface area (TPSA) is 90.9 Å². The molecule has 3 rings (SSSR count). The molecule has 34 heavy (non-hydrogen) atoms. The zero-order valence-corrected chi connectivity index (χ0v) is 22.3. The molecule has 2 heterocycles. The van der Waals surface area contributed by atoms with Gasteiger partial charge in [0.05, 0.1) is 9.50 Å². The van der Waals surface area contributed by atoms with Crippen molar-refractivity contribution in [3.05, 3.63) is 21.4 Å². The van der Waals surface area contributed by atoms with Crippen LogP contribution in [0.5, 0.6) is 0 Å². The average molecular weight is 560 g/mol. The molecule has 9 nitrogen and oxygen atoms in total. The van der Waals surface area contributed by atoms with Crippen LogP contribution in [0, 0.1) is 5.82 Å². The fourth-order valence-electron chi connectivity index (χ4n) is 3.41. The molecule has 0 saturated carbocycles. The quantitative estimate of drug-likeness (QED) is 0.551. The summed E-state index contributed by atoms with van der Waals surface area (Å²) in [5, 5.41) is 3.69. The number of rotatable bonds is 5. The van der Waals surface area contributed by atoms with Gasteiger partial charge in [0, 0.05) is 58.6 Å². The van der Waals surface area contributed by atoms with Gasteiger partial charge in [-0.25, -0.2) is 14.2 Å². The number of carbonyl (C=O) groups is 2. The number of halogens is 3. The van der Waals surface area contributed by atoms with Gasteiger partial charge in [0.25, 0.3) is 0 Å². The molecule has 0 bridgehead atoms. The van der Waals surface area contributed by atoms with Gasteiger partial charge in [-0.2, -0.15) is 4.98 Å². The first kappa shape index (κ1) is 26.2. The largest absolute Gasteiger partial charge is 0.444 e. The molecule has 1 aromatic carbocycles. The Labute approximate surface area is 211 Å². The van der Waals surface area contributed by atoms with Crippen molar-refractivity contribution in [3.63, 3.8) is 0 Å². The molecule has 0 spiro atoms. The summed E-state index contributed by atoms with van der Waals surface area (Å²) in [7, 11) is 3.36.